The SMILES string of the molecule is Cc1cc(C)c(C(C)NCC2CN(C)CCO2)cc1C. The van der Waals surface area contributed by atoms with E-state index in [9.17, 15) is 0 Å². The van der Waals surface area contributed by atoms with Crippen LogP contribution in [0, 0.1) is 20.8 Å². The second-order valence-electron chi connectivity index (χ2n) is 6.18. The number of benzene rings is 1. The van der Waals surface area contributed by atoms with Crippen molar-refractivity contribution in [1.29, 1.82) is 0 Å². The van der Waals surface area contributed by atoms with E-state index in [1.807, 2.05) is 0 Å². The van der Waals surface area contributed by atoms with Crippen LogP contribution >= 0.6 is 0 Å². The van der Waals surface area contributed by atoms with Crippen LogP contribution in [0.3, 0.4) is 0 Å². The van der Waals surface area contributed by atoms with Gasteiger partial charge in [0, 0.05) is 25.7 Å². The lowest BCUT2D eigenvalue weighted by molar-refractivity contribution is -0.0191. The number of nitrogens with one attached hydrogen (secondary N) is 1. The molecule has 0 aliphatic carbocycles. The Kier molecular flexibility index (Phi) is 5.19. The molecule has 0 aromatic heterocycles. The molecule has 3 heteroatoms. The van der Waals surface area contributed by atoms with E-state index in [1.165, 1.54) is 22.3 Å². The zero-order chi connectivity index (χ0) is 14.7. The van der Waals surface area contributed by atoms with Gasteiger partial charge in [-0.05, 0) is 57.0 Å². The Labute approximate surface area is 123 Å². The minimum atomic E-state index is 0.308. The predicted molar refractivity (Wildman–Crippen MR) is 84.3 cm³/mol. The molecule has 1 fully saturated rings. The fourth-order valence-electron chi connectivity index (χ4n) is 2.86. The first kappa shape index (κ1) is 15.5. The average Bonchev–Trinajstić information content (AvgIpc) is 2.40. The van der Waals surface area contributed by atoms with Gasteiger partial charge in [-0.1, -0.05) is 12.1 Å². The summed E-state index contributed by atoms with van der Waals surface area (Å²) in [6.45, 7) is 12.6. The Bertz CT molecular complexity index is 459. The van der Waals surface area contributed by atoms with Crippen molar-refractivity contribution < 1.29 is 4.74 Å². The molecular weight excluding hydrogens is 248 g/mol. The third-order valence-electron chi connectivity index (χ3n) is 4.34. The molecule has 1 N–H and O–H groups in total. The predicted octanol–water partition coefficient (Wildman–Crippen LogP) is 2.59. The molecule has 2 unspecified atom stereocenters. The number of morpholine rings is 1. The van der Waals surface area contributed by atoms with E-state index in [0.29, 0.717) is 12.1 Å². The summed E-state index contributed by atoms with van der Waals surface area (Å²) in [6, 6.07) is 4.97. The van der Waals surface area contributed by atoms with Crippen LogP contribution in [0.2, 0.25) is 0 Å². The van der Waals surface area contributed by atoms with Gasteiger partial charge in [-0.25, -0.2) is 0 Å². The van der Waals surface area contributed by atoms with Crippen LogP contribution in [0.15, 0.2) is 12.1 Å². The lowest BCUT2D eigenvalue weighted by Crippen LogP contribution is -2.45. The van der Waals surface area contributed by atoms with Gasteiger partial charge in [0.05, 0.1) is 12.7 Å². The Morgan fingerprint density at radius 1 is 1.25 bits per heavy atom. The molecular formula is C17H28N2O. The molecule has 2 rings (SSSR count). The summed E-state index contributed by atoms with van der Waals surface area (Å²) >= 11 is 0. The lowest BCUT2D eigenvalue weighted by Gasteiger charge is -2.31. The van der Waals surface area contributed by atoms with Crippen molar-refractivity contribution in [1.82, 2.24) is 10.2 Å². The molecule has 112 valence electrons. The van der Waals surface area contributed by atoms with E-state index in [0.717, 1.165) is 26.2 Å². The summed E-state index contributed by atoms with van der Waals surface area (Å²) in [5, 5.41) is 3.63. The molecule has 1 aliphatic heterocycles. The smallest absolute Gasteiger partial charge is 0.0826 e. The molecule has 1 aromatic rings. The summed E-state index contributed by atoms with van der Waals surface area (Å²) in [5.41, 5.74) is 5.51. The highest BCUT2D eigenvalue weighted by molar-refractivity contribution is 5.38. The lowest BCUT2D eigenvalue weighted by atomic mass is 9.96. The van der Waals surface area contributed by atoms with Crippen molar-refractivity contribution in [2.45, 2.75) is 39.8 Å². The monoisotopic (exact) mass is 276 g/mol. The van der Waals surface area contributed by atoms with Gasteiger partial charge in [-0.2, -0.15) is 0 Å². The van der Waals surface area contributed by atoms with E-state index >= 15 is 0 Å². The second kappa shape index (κ2) is 6.70. The molecule has 0 amide bonds. The van der Waals surface area contributed by atoms with Crippen molar-refractivity contribution >= 4 is 0 Å². The van der Waals surface area contributed by atoms with Crippen molar-refractivity contribution in [3.05, 3.63) is 34.4 Å². The highest BCUT2D eigenvalue weighted by atomic mass is 16.5. The van der Waals surface area contributed by atoms with Gasteiger partial charge in [-0.3, -0.25) is 0 Å². The number of likely N-dealkylation sites (N-methyl/N-ethyl adjacent to an activating group) is 1. The van der Waals surface area contributed by atoms with Crippen LogP contribution in [0.1, 0.15) is 35.2 Å². The fourth-order valence-corrected chi connectivity index (χ4v) is 2.86. The van der Waals surface area contributed by atoms with E-state index in [-0.39, 0.29) is 0 Å². The molecule has 1 saturated heterocycles. The van der Waals surface area contributed by atoms with Crippen LogP contribution in [-0.4, -0.2) is 44.3 Å². The summed E-state index contributed by atoms with van der Waals surface area (Å²) < 4.78 is 5.80. The van der Waals surface area contributed by atoms with Gasteiger partial charge >= 0.3 is 0 Å². The number of aryl methyl sites for hydroxylation is 3. The van der Waals surface area contributed by atoms with Crippen molar-refractivity contribution in [3.63, 3.8) is 0 Å². The first-order valence-electron chi connectivity index (χ1n) is 7.58. The third kappa shape index (κ3) is 3.81. The number of hydrogen-bond acceptors (Lipinski definition) is 3. The Morgan fingerprint density at radius 3 is 2.65 bits per heavy atom. The van der Waals surface area contributed by atoms with E-state index < -0.39 is 0 Å². The number of hydrogen-bond donors (Lipinski definition) is 1. The van der Waals surface area contributed by atoms with Crippen LogP contribution in [0.4, 0.5) is 0 Å². The molecule has 0 radical (unpaired) electrons. The zero-order valence-electron chi connectivity index (χ0n) is 13.5. The number of nitrogens with zero attached hydrogens (tertiary/aromatic N) is 1. The molecule has 2 atom stereocenters. The Hall–Kier alpha value is -0.900. The highest BCUT2D eigenvalue weighted by Gasteiger charge is 2.18. The van der Waals surface area contributed by atoms with Gasteiger partial charge in [0.1, 0.15) is 0 Å². The average molecular weight is 276 g/mol. The molecule has 1 aromatic carbocycles. The fraction of sp³-hybridized carbons (Fsp3) is 0.647. The second-order valence-corrected chi connectivity index (χ2v) is 6.18. The van der Waals surface area contributed by atoms with Gasteiger partial charge in [0.25, 0.3) is 0 Å². The van der Waals surface area contributed by atoms with Crippen molar-refractivity contribution in [3.8, 4) is 0 Å². The standard InChI is InChI=1S/C17H28N2O/c1-12-8-14(3)17(9-13(12)2)15(4)18-10-16-11-19(5)6-7-20-16/h8-9,15-16,18H,6-7,10-11H2,1-5H3. The maximum atomic E-state index is 5.80. The Morgan fingerprint density at radius 2 is 1.95 bits per heavy atom. The maximum Gasteiger partial charge on any atom is 0.0826 e. The van der Waals surface area contributed by atoms with E-state index in [2.05, 4.69) is 57.1 Å². The molecule has 0 spiro atoms. The highest BCUT2D eigenvalue weighted by Crippen LogP contribution is 2.21. The first-order valence-corrected chi connectivity index (χ1v) is 7.58. The normalized spacial score (nSPS) is 21.9. The summed E-state index contributed by atoms with van der Waals surface area (Å²) in [4.78, 5) is 2.34. The number of ether oxygens (including phenoxy) is 1. The maximum absolute atomic E-state index is 5.80. The van der Waals surface area contributed by atoms with Gasteiger partial charge in [0.15, 0.2) is 0 Å². The number of rotatable bonds is 4. The Balaban J connectivity index is 1.94. The largest absolute Gasteiger partial charge is 0.374 e. The molecule has 3 nitrogen and oxygen atoms in total. The summed E-state index contributed by atoms with van der Waals surface area (Å²) in [7, 11) is 2.16. The summed E-state index contributed by atoms with van der Waals surface area (Å²) in [6.07, 6.45) is 0.308. The van der Waals surface area contributed by atoms with Gasteiger partial charge in [-0.15, -0.1) is 0 Å². The van der Waals surface area contributed by atoms with Gasteiger partial charge in [0.2, 0.25) is 0 Å². The van der Waals surface area contributed by atoms with E-state index in [4.69, 9.17) is 4.74 Å². The van der Waals surface area contributed by atoms with Gasteiger partial charge < -0.3 is 15.0 Å². The van der Waals surface area contributed by atoms with Crippen LogP contribution < -0.4 is 5.32 Å². The zero-order valence-corrected chi connectivity index (χ0v) is 13.5. The van der Waals surface area contributed by atoms with Crippen LogP contribution in [0.25, 0.3) is 0 Å². The third-order valence-corrected chi connectivity index (χ3v) is 4.34. The summed E-state index contributed by atoms with van der Waals surface area (Å²) in [5.74, 6) is 0. The molecule has 20 heavy (non-hydrogen) atoms. The molecule has 0 bridgehead atoms. The van der Waals surface area contributed by atoms with Crippen molar-refractivity contribution in [2.24, 2.45) is 0 Å². The first-order chi connectivity index (χ1) is 9.47. The minimum Gasteiger partial charge on any atom is -0.374 e. The van der Waals surface area contributed by atoms with Crippen LogP contribution in [0.5, 0.6) is 0 Å². The van der Waals surface area contributed by atoms with Crippen molar-refractivity contribution in [2.75, 3.05) is 33.3 Å². The minimum absolute atomic E-state index is 0.308. The quantitative estimate of drug-likeness (QED) is 0.915. The molecule has 1 heterocycles. The topological polar surface area (TPSA) is 24.5 Å². The molecule has 0 saturated carbocycles. The molecule has 1 aliphatic rings. The van der Waals surface area contributed by atoms with E-state index in [1.54, 1.807) is 0 Å². The van der Waals surface area contributed by atoms with Crippen LogP contribution in [-0.2, 0) is 4.74 Å².